The molecule has 5 nitrogen and oxygen atoms in total. The molecule has 0 aliphatic carbocycles. The summed E-state index contributed by atoms with van der Waals surface area (Å²) in [5.74, 6) is 0.789. The average molecular weight is 305 g/mol. The van der Waals surface area contributed by atoms with E-state index >= 15 is 0 Å². The van der Waals surface area contributed by atoms with Crippen molar-refractivity contribution in [3.63, 3.8) is 0 Å². The Bertz CT molecular complexity index is 753. The Balaban J connectivity index is 1.47. The van der Waals surface area contributed by atoms with Crippen LogP contribution in [0.15, 0.2) is 55.1 Å². The van der Waals surface area contributed by atoms with Crippen LogP contribution in [0, 0.1) is 0 Å². The van der Waals surface area contributed by atoms with E-state index in [1.165, 1.54) is 11.3 Å². The Morgan fingerprint density at radius 2 is 1.78 bits per heavy atom. The van der Waals surface area contributed by atoms with E-state index in [1.54, 1.807) is 12.4 Å². The zero-order chi connectivity index (χ0) is 15.5. The molecule has 0 saturated carbocycles. The minimum atomic E-state index is 0.789. The Morgan fingerprint density at radius 3 is 2.61 bits per heavy atom. The molecule has 1 aromatic carbocycles. The second kappa shape index (κ2) is 6.20. The quantitative estimate of drug-likeness (QED) is 0.743. The molecule has 0 amide bonds. The molecule has 4 rings (SSSR count). The molecule has 3 heterocycles. The average Bonchev–Trinajstić information content (AvgIpc) is 3.04. The van der Waals surface area contributed by atoms with Gasteiger partial charge in [-0.05, 0) is 18.1 Å². The summed E-state index contributed by atoms with van der Waals surface area (Å²) < 4.78 is 2.30. The third kappa shape index (κ3) is 2.95. The largest absolute Gasteiger partial charge is 0.334 e. The van der Waals surface area contributed by atoms with Crippen molar-refractivity contribution in [2.45, 2.75) is 25.9 Å². The monoisotopic (exact) mass is 305 g/mol. The van der Waals surface area contributed by atoms with Crippen LogP contribution in [0.2, 0.25) is 0 Å². The first-order chi connectivity index (χ1) is 11.4. The molecule has 1 aliphatic heterocycles. The van der Waals surface area contributed by atoms with Gasteiger partial charge in [0.15, 0.2) is 0 Å². The topological polar surface area (TPSA) is 46.8 Å². The first-order valence-electron chi connectivity index (χ1n) is 7.99. The SMILES string of the molecule is c1ccc(CCn2cnc3c2CCN(c2ncccn2)C3)cc1. The van der Waals surface area contributed by atoms with E-state index in [0.29, 0.717) is 0 Å². The maximum absolute atomic E-state index is 4.61. The lowest BCUT2D eigenvalue weighted by Gasteiger charge is -2.26. The lowest BCUT2D eigenvalue weighted by molar-refractivity contribution is 0.619. The molecule has 3 aromatic rings. The van der Waals surface area contributed by atoms with Crippen LogP contribution in [-0.4, -0.2) is 26.1 Å². The van der Waals surface area contributed by atoms with Crippen LogP contribution in [0.1, 0.15) is 17.0 Å². The van der Waals surface area contributed by atoms with Crippen molar-refractivity contribution in [2.24, 2.45) is 0 Å². The van der Waals surface area contributed by atoms with Gasteiger partial charge in [0, 0.05) is 37.6 Å². The van der Waals surface area contributed by atoms with E-state index in [4.69, 9.17) is 0 Å². The van der Waals surface area contributed by atoms with Crippen LogP contribution in [0.5, 0.6) is 0 Å². The van der Waals surface area contributed by atoms with Crippen molar-refractivity contribution in [1.82, 2.24) is 19.5 Å². The van der Waals surface area contributed by atoms with Crippen LogP contribution < -0.4 is 4.90 Å². The molecule has 23 heavy (non-hydrogen) atoms. The van der Waals surface area contributed by atoms with Crippen LogP contribution >= 0.6 is 0 Å². The number of anilines is 1. The predicted molar refractivity (Wildman–Crippen MR) is 89.2 cm³/mol. The van der Waals surface area contributed by atoms with Crippen LogP contribution in [0.25, 0.3) is 0 Å². The summed E-state index contributed by atoms with van der Waals surface area (Å²) in [6, 6.07) is 12.4. The highest BCUT2D eigenvalue weighted by Gasteiger charge is 2.22. The highest BCUT2D eigenvalue weighted by Crippen LogP contribution is 2.21. The number of benzene rings is 1. The van der Waals surface area contributed by atoms with E-state index in [2.05, 4.69) is 54.8 Å². The molecular weight excluding hydrogens is 286 g/mol. The van der Waals surface area contributed by atoms with Crippen LogP contribution in [0.3, 0.4) is 0 Å². The smallest absolute Gasteiger partial charge is 0.225 e. The fourth-order valence-electron chi connectivity index (χ4n) is 3.08. The van der Waals surface area contributed by atoms with Gasteiger partial charge in [-0.25, -0.2) is 15.0 Å². The maximum atomic E-state index is 4.61. The summed E-state index contributed by atoms with van der Waals surface area (Å²) in [4.78, 5) is 15.5. The number of aryl methyl sites for hydroxylation is 2. The number of fused-ring (bicyclic) bond motifs is 1. The fraction of sp³-hybridized carbons (Fsp3) is 0.278. The second-order valence-corrected chi connectivity index (χ2v) is 5.79. The summed E-state index contributed by atoms with van der Waals surface area (Å²) >= 11 is 0. The fourth-order valence-corrected chi connectivity index (χ4v) is 3.08. The Hall–Kier alpha value is -2.69. The molecule has 116 valence electrons. The molecule has 0 radical (unpaired) electrons. The maximum Gasteiger partial charge on any atom is 0.225 e. The van der Waals surface area contributed by atoms with Crippen molar-refractivity contribution < 1.29 is 0 Å². The van der Waals surface area contributed by atoms with Gasteiger partial charge >= 0.3 is 0 Å². The van der Waals surface area contributed by atoms with Gasteiger partial charge in [-0.1, -0.05) is 30.3 Å². The van der Waals surface area contributed by atoms with Gasteiger partial charge in [0.2, 0.25) is 5.95 Å². The molecule has 0 spiro atoms. The number of hydrogen-bond acceptors (Lipinski definition) is 4. The van der Waals surface area contributed by atoms with E-state index in [-0.39, 0.29) is 0 Å². The number of rotatable bonds is 4. The summed E-state index contributed by atoms with van der Waals surface area (Å²) in [6.07, 6.45) is 7.58. The second-order valence-electron chi connectivity index (χ2n) is 5.79. The van der Waals surface area contributed by atoms with Gasteiger partial charge in [0.25, 0.3) is 0 Å². The molecule has 0 bridgehead atoms. The lowest BCUT2D eigenvalue weighted by atomic mass is 10.1. The minimum Gasteiger partial charge on any atom is -0.334 e. The zero-order valence-electron chi connectivity index (χ0n) is 13.0. The number of hydrogen-bond donors (Lipinski definition) is 0. The van der Waals surface area contributed by atoms with Crippen molar-refractivity contribution in [3.05, 3.63) is 72.1 Å². The molecule has 2 aromatic heterocycles. The summed E-state index contributed by atoms with van der Waals surface area (Å²) in [6.45, 7) is 2.71. The molecule has 5 heteroatoms. The predicted octanol–water partition coefficient (Wildman–Crippen LogP) is 2.48. The normalized spacial score (nSPS) is 13.8. The summed E-state index contributed by atoms with van der Waals surface area (Å²) in [5, 5.41) is 0. The molecule has 0 N–H and O–H groups in total. The van der Waals surface area contributed by atoms with E-state index in [1.807, 2.05) is 12.4 Å². The van der Waals surface area contributed by atoms with Gasteiger partial charge in [0.1, 0.15) is 0 Å². The van der Waals surface area contributed by atoms with Gasteiger partial charge in [-0.15, -0.1) is 0 Å². The van der Waals surface area contributed by atoms with Crippen molar-refractivity contribution >= 4 is 5.95 Å². The highest BCUT2D eigenvalue weighted by molar-refractivity contribution is 5.34. The molecular formula is C18H19N5. The molecule has 0 fully saturated rings. The van der Waals surface area contributed by atoms with Gasteiger partial charge in [-0.2, -0.15) is 0 Å². The summed E-state index contributed by atoms with van der Waals surface area (Å²) in [5.41, 5.74) is 3.87. The van der Waals surface area contributed by atoms with E-state index in [9.17, 15) is 0 Å². The Morgan fingerprint density at radius 1 is 0.957 bits per heavy atom. The molecule has 0 saturated heterocycles. The Kier molecular flexibility index (Phi) is 3.76. The van der Waals surface area contributed by atoms with Crippen molar-refractivity contribution in [3.8, 4) is 0 Å². The molecule has 0 unspecified atom stereocenters. The zero-order valence-corrected chi connectivity index (χ0v) is 13.0. The third-order valence-corrected chi connectivity index (χ3v) is 4.31. The van der Waals surface area contributed by atoms with E-state index in [0.717, 1.165) is 44.1 Å². The number of imidazole rings is 1. The van der Waals surface area contributed by atoms with Crippen molar-refractivity contribution in [2.75, 3.05) is 11.4 Å². The number of nitrogens with zero attached hydrogens (tertiary/aromatic N) is 5. The van der Waals surface area contributed by atoms with E-state index < -0.39 is 0 Å². The Labute approximate surface area is 135 Å². The molecule has 0 atom stereocenters. The third-order valence-electron chi connectivity index (χ3n) is 4.31. The minimum absolute atomic E-state index is 0.789. The van der Waals surface area contributed by atoms with Crippen LogP contribution in [-0.2, 0) is 25.9 Å². The first kappa shape index (κ1) is 13.9. The first-order valence-corrected chi connectivity index (χ1v) is 7.99. The van der Waals surface area contributed by atoms with Gasteiger partial charge < -0.3 is 9.47 Å². The summed E-state index contributed by atoms with van der Waals surface area (Å²) in [7, 11) is 0. The van der Waals surface area contributed by atoms with Gasteiger partial charge in [0.05, 0.1) is 18.6 Å². The van der Waals surface area contributed by atoms with Crippen molar-refractivity contribution in [1.29, 1.82) is 0 Å². The van der Waals surface area contributed by atoms with Crippen LogP contribution in [0.4, 0.5) is 5.95 Å². The highest BCUT2D eigenvalue weighted by atomic mass is 15.3. The number of aromatic nitrogens is 4. The van der Waals surface area contributed by atoms with Gasteiger partial charge in [-0.3, -0.25) is 0 Å². The molecule has 1 aliphatic rings. The lowest BCUT2D eigenvalue weighted by Crippen LogP contribution is -2.32. The standard InChI is InChI=1S/C18H19N5/c1-2-5-15(6-3-1)7-11-23-14-21-16-13-22(12-8-17(16)23)18-19-9-4-10-20-18/h1-6,9-10,14H,7-8,11-13H2.